The second-order valence-electron chi connectivity index (χ2n) is 7.09. The molecule has 0 saturated carbocycles. The molecule has 0 N–H and O–H groups in total. The lowest BCUT2D eigenvalue weighted by Crippen LogP contribution is -2.29. The molecule has 3 rings (SSSR count). The molecule has 0 saturated heterocycles. The van der Waals surface area contributed by atoms with Gasteiger partial charge in [-0.15, -0.1) is 5.10 Å². The molecule has 160 valence electrons. The molecule has 0 aliphatic rings. The maximum absolute atomic E-state index is 13.3. The van der Waals surface area contributed by atoms with Crippen LogP contribution in [0.25, 0.3) is 5.78 Å². The monoisotopic (exact) mass is 413 g/mol. The number of carbonyl (C=O) groups is 1. The van der Waals surface area contributed by atoms with E-state index in [4.69, 9.17) is 4.74 Å². The zero-order valence-electron chi connectivity index (χ0n) is 17.8. The highest BCUT2D eigenvalue weighted by Gasteiger charge is 2.12. The molecule has 0 atom stereocenters. The van der Waals surface area contributed by atoms with E-state index in [-0.39, 0.29) is 18.4 Å². The van der Waals surface area contributed by atoms with E-state index in [9.17, 15) is 9.18 Å². The van der Waals surface area contributed by atoms with Gasteiger partial charge in [0.2, 0.25) is 0 Å². The van der Waals surface area contributed by atoms with Gasteiger partial charge >= 0.3 is 5.97 Å². The number of ether oxygens (including phenoxy) is 1. The largest absolute Gasteiger partial charge is 0.464 e. The Hall–Kier alpha value is -3.03. The van der Waals surface area contributed by atoms with Gasteiger partial charge in [0.15, 0.2) is 5.82 Å². The zero-order chi connectivity index (χ0) is 21.5. The summed E-state index contributed by atoms with van der Waals surface area (Å²) in [5.41, 5.74) is 3.00. The van der Waals surface area contributed by atoms with E-state index < -0.39 is 0 Å². The van der Waals surface area contributed by atoms with Gasteiger partial charge in [0, 0.05) is 37.0 Å². The third-order valence-corrected chi connectivity index (χ3v) is 4.89. The first kappa shape index (κ1) is 21.7. The van der Waals surface area contributed by atoms with Crippen molar-refractivity contribution in [2.24, 2.45) is 0 Å². The smallest absolute Gasteiger partial charge is 0.302 e. The highest BCUT2D eigenvalue weighted by molar-refractivity contribution is 5.65. The van der Waals surface area contributed by atoms with E-state index in [2.05, 4.69) is 39.9 Å². The molecule has 0 unspecified atom stereocenters. The number of anilines is 1. The first-order valence-corrected chi connectivity index (χ1v) is 10.4. The van der Waals surface area contributed by atoms with Crippen LogP contribution < -0.4 is 4.90 Å². The van der Waals surface area contributed by atoms with Crippen LogP contribution in [0.15, 0.2) is 30.3 Å². The van der Waals surface area contributed by atoms with Crippen molar-refractivity contribution in [3.8, 4) is 0 Å². The number of rotatable bonds is 10. The Morgan fingerprint density at radius 3 is 2.57 bits per heavy atom. The molecule has 0 fully saturated rings. The lowest BCUT2D eigenvalue weighted by atomic mass is 10.2. The van der Waals surface area contributed by atoms with Gasteiger partial charge in [-0.2, -0.15) is 4.98 Å². The third kappa shape index (κ3) is 5.52. The molecule has 30 heavy (non-hydrogen) atoms. The SMILES string of the molecule is CCc1cc(CC)n2nc(CCCN(CCOC(C)=O)c3ccc(F)cc3)nc2n1. The van der Waals surface area contributed by atoms with E-state index in [1.165, 1.54) is 19.1 Å². The van der Waals surface area contributed by atoms with Gasteiger partial charge < -0.3 is 9.64 Å². The van der Waals surface area contributed by atoms with Crippen LogP contribution in [0, 0.1) is 5.82 Å². The van der Waals surface area contributed by atoms with Crippen LogP contribution in [0.5, 0.6) is 0 Å². The summed E-state index contributed by atoms with van der Waals surface area (Å²) in [5.74, 6) is 0.808. The Kier molecular flexibility index (Phi) is 7.32. The molecule has 0 spiro atoms. The van der Waals surface area contributed by atoms with E-state index in [1.807, 2.05) is 4.52 Å². The van der Waals surface area contributed by atoms with Crippen LogP contribution in [0.4, 0.5) is 10.1 Å². The molecule has 0 bridgehead atoms. The summed E-state index contributed by atoms with van der Waals surface area (Å²) >= 11 is 0. The fourth-order valence-corrected chi connectivity index (χ4v) is 3.31. The molecule has 3 aromatic rings. The third-order valence-electron chi connectivity index (χ3n) is 4.89. The first-order valence-electron chi connectivity index (χ1n) is 10.4. The van der Waals surface area contributed by atoms with Crippen molar-refractivity contribution in [2.45, 2.75) is 46.5 Å². The summed E-state index contributed by atoms with van der Waals surface area (Å²) in [6.07, 6.45) is 3.22. The number of hydrogen-bond acceptors (Lipinski definition) is 6. The number of aromatic nitrogens is 4. The molecule has 0 radical (unpaired) electrons. The number of nitrogens with zero attached hydrogens (tertiary/aromatic N) is 5. The molecule has 0 amide bonds. The van der Waals surface area contributed by atoms with Gasteiger partial charge in [0.1, 0.15) is 12.4 Å². The van der Waals surface area contributed by atoms with Gasteiger partial charge in [-0.05, 0) is 49.6 Å². The van der Waals surface area contributed by atoms with Crippen LogP contribution in [-0.2, 0) is 28.8 Å². The zero-order valence-corrected chi connectivity index (χ0v) is 17.8. The molecule has 7 nitrogen and oxygen atoms in total. The van der Waals surface area contributed by atoms with Crippen LogP contribution in [0.2, 0.25) is 0 Å². The predicted molar refractivity (Wildman–Crippen MR) is 113 cm³/mol. The van der Waals surface area contributed by atoms with Crippen LogP contribution >= 0.6 is 0 Å². The second-order valence-corrected chi connectivity index (χ2v) is 7.09. The van der Waals surface area contributed by atoms with Gasteiger partial charge in [-0.1, -0.05) is 13.8 Å². The van der Waals surface area contributed by atoms with Gasteiger partial charge in [-0.3, -0.25) is 4.79 Å². The van der Waals surface area contributed by atoms with Crippen molar-refractivity contribution in [1.29, 1.82) is 0 Å². The van der Waals surface area contributed by atoms with Gasteiger partial charge in [0.25, 0.3) is 5.78 Å². The summed E-state index contributed by atoms with van der Waals surface area (Å²) in [6.45, 7) is 7.08. The molecule has 1 aromatic carbocycles. The Bertz CT molecular complexity index is 987. The highest BCUT2D eigenvalue weighted by Crippen LogP contribution is 2.16. The minimum absolute atomic E-state index is 0.279. The number of benzene rings is 1. The maximum Gasteiger partial charge on any atom is 0.302 e. The molecule has 2 aromatic heterocycles. The number of hydrogen-bond donors (Lipinski definition) is 0. The van der Waals surface area contributed by atoms with Crippen molar-refractivity contribution in [3.05, 3.63) is 53.4 Å². The normalized spacial score (nSPS) is 11.1. The summed E-state index contributed by atoms with van der Waals surface area (Å²) in [6, 6.07) is 8.41. The first-order chi connectivity index (χ1) is 14.5. The van der Waals surface area contributed by atoms with Crippen molar-refractivity contribution >= 4 is 17.4 Å². The summed E-state index contributed by atoms with van der Waals surface area (Å²) < 4.78 is 20.2. The molecule has 8 heteroatoms. The molecule has 0 aliphatic heterocycles. The van der Waals surface area contributed by atoms with Crippen LogP contribution in [0.3, 0.4) is 0 Å². The number of fused-ring (bicyclic) bond motifs is 1. The topological polar surface area (TPSA) is 72.6 Å². The van der Waals surface area contributed by atoms with E-state index in [0.29, 0.717) is 25.3 Å². The maximum atomic E-state index is 13.3. The van der Waals surface area contributed by atoms with Crippen LogP contribution in [0.1, 0.15) is 44.4 Å². The summed E-state index contributed by atoms with van der Waals surface area (Å²) in [5, 5.41) is 4.63. The quantitative estimate of drug-likeness (QED) is 0.475. The Balaban J connectivity index is 1.67. The molecular weight excluding hydrogens is 385 g/mol. The number of esters is 1. The summed E-state index contributed by atoms with van der Waals surface area (Å²) in [7, 11) is 0. The van der Waals surface area contributed by atoms with E-state index in [0.717, 1.165) is 42.2 Å². The number of aryl methyl sites for hydroxylation is 3. The lowest BCUT2D eigenvalue weighted by molar-refractivity contribution is -0.140. The van der Waals surface area contributed by atoms with Crippen molar-refractivity contribution in [2.75, 3.05) is 24.6 Å². The van der Waals surface area contributed by atoms with Crippen molar-refractivity contribution in [1.82, 2.24) is 19.6 Å². The van der Waals surface area contributed by atoms with E-state index >= 15 is 0 Å². The summed E-state index contributed by atoms with van der Waals surface area (Å²) in [4.78, 5) is 22.3. The van der Waals surface area contributed by atoms with Gasteiger partial charge in [-0.25, -0.2) is 13.9 Å². The molecule has 2 heterocycles. The van der Waals surface area contributed by atoms with Crippen molar-refractivity contribution < 1.29 is 13.9 Å². The predicted octanol–water partition coefficient (Wildman–Crippen LogP) is 3.39. The standard InChI is InChI=1S/C22H28FN5O2/c1-4-18-15-19(5-2)28-22(24-18)25-21(26-28)7-6-12-27(13-14-30-16(3)29)20-10-8-17(23)9-11-20/h8-11,15H,4-7,12-14H2,1-3H3. The second kappa shape index (κ2) is 10.1. The Morgan fingerprint density at radius 2 is 1.90 bits per heavy atom. The van der Waals surface area contributed by atoms with Gasteiger partial charge in [0.05, 0.1) is 6.54 Å². The number of carbonyl (C=O) groups excluding carboxylic acids is 1. The molecular formula is C22H28FN5O2. The van der Waals surface area contributed by atoms with E-state index in [1.54, 1.807) is 12.1 Å². The van der Waals surface area contributed by atoms with Crippen molar-refractivity contribution in [3.63, 3.8) is 0 Å². The molecule has 0 aliphatic carbocycles. The lowest BCUT2D eigenvalue weighted by Gasteiger charge is -2.24. The minimum Gasteiger partial charge on any atom is -0.464 e. The minimum atomic E-state index is -0.311. The fourth-order valence-electron chi connectivity index (χ4n) is 3.31. The fraction of sp³-hybridized carbons (Fsp3) is 0.455. The Morgan fingerprint density at radius 1 is 1.13 bits per heavy atom. The average Bonchev–Trinajstić information content (AvgIpc) is 3.15. The average molecular weight is 413 g/mol. The Labute approximate surface area is 175 Å². The number of halogens is 1. The highest BCUT2D eigenvalue weighted by atomic mass is 19.1. The van der Waals surface area contributed by atoms with Crippen LogP contribution in [-0.4, -0.2) is 45.2 Å².